The second-order valence-corrected chi connectivity index (χ2v) is 10.6. The summed E-state index contributed by atoms with van der Waals surface area (Å²) in [5.41, 5.74) is -0.733. The van der Waals surface area contributed by atoms with Gasteiger partial charge in [0.05, 0.1) is 47.2 Å². The van der Waals surface area contributed by atoms with Crippen molar-refractivity contribution < 1.29 is 53.4 Å². The van der Waals surface area contributed by atoms with Crippen LogP contribution in [0, 0.1) is 0 Å². The summed E-state index contributed by atoms with van der Waals surface area (Å²) < 4.78 is 21.1. The average molecular weight is 629 g/mol. The van der Waals surface area contributed by atoms with Crippen LogP contribution in [0.4, 0.5) is 0 Å². The van der Waals surface area contributed by atoms with Crippen LogP contribution >= 0.6 is 0 Å². The number of aliphatic hydroxyl groups excluding tert-OH is 1. The molecule has 6 unspecified atom stereocenters. The lowest BCUT2D eigenvalue weighted by molar-refractivity contribution is -0.240. The molecule has 0 aromatic heterocycles. The minimum Gasteiger partial charge on any atom is -0.478 e. The first-order chi connectivity index (χ1) is 20.6. The zero-order valence-corrected chi connectivity index (χ0v) is 28.3. The number of carbonyl (C=O) groups is 4. The van der Waals surface area contributed by atoms with E-state index in [-0.39, 0.29) is 47.3 Å². The highest BCUT2D eigenvalue weighted by molar-refractivity contribution is 6.04. The number of carboxylic acid groups (broad SMARTS) is 2. The van der Waals surface area contributed by atoms with E-state index in [4.69, 9.17) is 34.3 Å². The summed E-state index contributed by atoms with van der Waals surface area (Å²) in [6.07, 6.45) is 7.14. The summed E-state index contributed by atoms with van der Waals surface area (Å²) in [4.78, 5) is 43.8. The standard InChI is InChI=1S/C13H14O6.C10H20O2.C6H12O2.C4H10O/c1-3-7(2)19-13(18)9-5-4-8(11(14)15)6-10(9)12(16)17;1-4-6-10-11-8(3)7-9(5-2)12-10;1-4-5(2)8-6(3)7;1-3-4(2)5/h4-7H,3H2,1-2H3,(H,14,15)(H,16,17);8-10H,4-7H2,1-3H3;5H,4H2,1-3H3;4-5H,3H2,1-2H3. The van der Waals surface area contributed by atoms with E-state index < -0.39 is 17.9 Å². The Bertz CT molecular complexity index is 976. The molecule has 1 aromatic carbocycles. The van der Waals surface area contributed by atoms with Gasteiger partial charge >= 0.3 is 23.9 Å². The highest BCUT2D eigenvalue weighted by Crippen LogP contribution is 2.22. The number of aliphatic hydroxyl groups is 1. The minimum atomic E-state index is -1.38. The fourth-order valence-electron chi connectivity index (χ4n) is 3.35. The van der Waals surface area contributed by atoms with Crippen LogP contribution in [-0.4, -0.2) is 76.0 Å². The van der Waals surface area contributed by atoms with Crippen LogP contribution in [0.15, 0.2) is 18.2 Å². The molecule has 1 aromatic rings. The predicted octanol–water partition coefficient (Wildman–Crippen LogP) is 6.88. The van der Waals surface area contributed by atoms with Crippen molar-refractivity contribution in [3.8, 4) is 0 Å². The quantitative estimate of drug-likeness (QED) is 0.219. The average Bonchev–Trinajstić information content (AvgIpc) is 2.96. The molecular formula is C33H56O11. The van der Waals surface area contributed by atoms with Gasteiger partial charge in [0, 0.05) is 6.92 Å². The first-order valence-corrected chi connectivity index (χ1v) is 15.5. The lowest BCUT2D eigenvalue weighted by atomic mass is 10.0. The van der Waals surface area contributed by atoms with Crippen molar-refractivity contribution in [2.45, 2.75) is 151 Å². The maximum Gasteiger partial charge on any atom is 0.339 e. The number of rotatable bonds is 11. The molecule has 0 spiro atoms. The van der Waals surface area contributed by atoms with Crippen LogP contribution in [0.25, 0.3) is 0 Å². The van der Waals surface area contributed by atoms with E-state index in [1.54, 1.807) is 13.8 Å². The molecule has 2 rings (SSSR count). The Labute approximate surface area is 263 Å². The van der Waals surface area contributed by atoms with Crippen molar-refractivity contribution in [1.29, 1.82) is 0 Å². The topological polar surface area (TPSA) is 166 Å². The molecular weight excluding hydrogens is 572 g/mol. The van der Waals surface area contributed by atoms with Gasteiger partial charge in [0.15, 0.2) is 6.29 Å². The lowest BCUT2D eigenvalue weighted by Crippen LogP contribution is -2.36. The molecule has 1 fully saturated rings. The van der Waals surface area contributed by atoms with Crippen molar-refractivity contribution in [1.82, 2.24) is 0 Å². The minimum absolute atomic E-state index is 0.0590. The van der Waals surface area contributed by atoms with E-state index in [2.05, 4.69) is 20.8 Å². The molecule has 1 aliphatic heterocycles. The number of benzene rings is 1. The second kappa shape index (κ2) is 24.3. The first kappa shape index (κ1) is 43.1. The molecule has 11 heteroatoms. The van der Waals surface area contributed by atoms with E-state index in [9.17, 15) is 19.2 Å². The number of hydrogen-bond acceptors (Lipinski definition) is 9. The van der Waals surface area contributed by atoms with Gasteiger partial charge in [0.25, 0.3) is 0 Å². The Morgan fingerprint density at radius 1 is 0.864 bits per heavy atom. The van der Waals surface area contributed by atoms with Gasteiger partial charge in [0.2, 0.25) is 0 Å². The van der Waals surface area contributed by atoms with Crippen LogP contribution in [0.3, 0.4) is 0 Å². The first-order valence-electron chi connectivity index (χ1n) is 15.5. The third kappa shape index (κ3) is 20.0. The molecule has 0 amide bonds. The molecule has 254 valence electrons. The summed E-state index contributed by atoms with van der Waals surface area (Å²) in [5.74, 6) is -3.61. The Balaban J connectivity index is 0. The van der Waals surface area contributed by atoms with Gasteiger partial charge in [-0.2, -0.15) is 0 Å². The van der Waals surface area contributed by atoms with Crippen molar-refractivity contribution >= 4 is 23.9 Å². The number of aromatic carboxylic acids is 2. The Hall–Kier alpha value is -3.02. The second-order valence-electron chi connectivity index (χ2n) is 10.6. The van der Waals surface area contributed by atoms with E-state index in [0.717, 1.165) is 50.7 Å². The largest absolute Gasteiger partial charge is 0.478 e. The number of carboxylic acids is 2. The molecule has 0 aliphatic carbocycles. The van der Waals surface area contributed by atoms with E-state index in [1.165, 1.54) is 13.0 Å². The summed E-state index contributed by atoms with van der Waals surface area (Å²) in [5, 5.41) is 26.2. The monoisotopic (exact) mass is 628 g/mol. The highest BCUT2D eigenvalue weighted by Gasteiger charge is 2.25. The summed E-state index contributed by atoms with van der Waals surface area (Å²) in [7, 11) is 0. The Morgan fingerprint density at radius 2 is 1.41 bits per heavy atom. The predicted molar refractivity (Wildman–Crippen MR) is 168 cm³/mol. The van der Waals surface area contributed by atoms with Crippen LogP contribution in [0.2, 0.25) is 0 Å². The smallest absolute Gasteiger partial charge is 0.339 e. The number of ether oxygens (including phenoxy) is 4. The molecule has 1 saturated heterocycles. The molecule has 1 heterocycles. The van der Waals surface area contributed by atoms with E-state index >= 15 is 0 Å². The van der Waals surface area contributed by atoms with Crippen molar-refractivity contribution in [2.75, 3.05) is 0 Å². The fraction of sp³-hybridized carbons (Fsp3) is 0.697. The van der Waals surface area contributed by atoms with Crippen molar-refractivity contribution in [2.24, 2.45) is 0 Å². The van der Waals surface area contributed by atoms with Gasteiger partial charge in [-0.05, 0) is 84.4 Å². The third-order valence-electron chi connectivity index (χ3n) is 6.44. The van der Waals surface area contributed by atoms with Gasteiger partial charge in [-0.15, -0.1) is 0 Å². The molecule has 0 radical (unpaired) electrons. The van der Waals surface area contributed by atoms with E-state index in [1.807, 2.05) is 27.7 Å². The molecule has 0 bridgehead atoms. The maximum atomic E-state index is 11.8. The zero-order chi connectivity index (χ0) is 34.4. The molecule has 6 atom stereocenters. The summed E-state index contributed by atoms with van der Waals surface area (Å²) in [6, 6.07) is 3.26. The molecule has 44 heavy (non-hydrogen) atoms. The number of carbonyl (C=O) groups excluding carboxylic acids is 2. The molecule has 3 N–H and O–H groups in total. The number of esters is 2. The van der Waals surface area contributed by atoms with Gasteiger partial charge in [-0.3, -0.25) is 4.79 Å². The fourth-order valence-corrected chi connectivity index (χ4v) is 3.35. The normalized spacial score (nSPS) is 19.1. The molecule has 11 nitrogen and oxygen atoms in total. The molecule has 1 aliphatic rings. The van der Waals surface area contributed by atoms with Crippen LogP contribution in [-0.2, 0) is 23.7 Å². The zero-order valence-electron chi connectivity index (χ0n) is 28.3. The highest BCUT2D eigenvalue weighted by atomic mass is 16.7. The summed E-state index contributed by atoms with van der Waals surface area (Å²) >= 11 is 0. The van der Waals surface area contributed by atoms with Gasteiger partial charge in [-0.25, -0.2) is 14.4 Å². The molecule has 0 saturated carbocycles. The van der Waals surface area contributed by atoms with E-state index in [0.29, 0.717) is 18.6 Å². The summed E-state index contributed by atoms with van der Waals surface area (Å²) in [6.45, 7) is 19.0. The van der Waals surface area contributed by atoms with Crippen molar-refractivity contribution in [3.63, 3.8) is 0 Å². The Morgan fingerprint density at radius 3 is 1.80 bits per heavy atom. The van der Waals surface area contributed by atoms with Crippen LogP contribution in [0.1, 0.15) is 145 Å². The van der Waals surface area contributed by atoms with Gasteiger partial charge in [-0.1, -0.05) is 41.0 Å². The Kier molecular flexibility index (Phi) is 23.8. The number of hydrogen-bond donors (Lipinski definition) is 3. The van der Waals surface area contributed by atoms with Gasteiger partial charge < -0.3 is 34.3 Å². The SMILES string of the molecule is CCC(C)O.CCC(C)OC(=O)c1ccc(C(=O)O)cc1C(=O)O.CCC(C)OC(C)=O.CCCC1OC(C)CC(CC)O1. The van der Waals surface area contributed by atoms with Gasteiger partial charge in [0.1, 0.15) is 0 Å². The third-order valence-corrected chi connectivity index (χ3v) is 6.44. The van der Waals surface area contributed by atoms with Crippen LogP contribution < -0.4 is 0 Å². The van der Waals surface area contributed by atoms with Crippen LogP contribution in [0.5, 0.6) is 0 Å². The lowest BCUT2D eigenvalue weighted by Gasteiger charge is -2.33. The van der Waals surface area contributed by atoms with Crippen molar-refractivity contribution in [3.05, 3.63) is 34.9 Å². The maximum absolute atomic E-state index is 11.8.